The molecule has 10 nitrogen and oxygen atoms in total. The topological polar surface area (TPSA) is 152 Å². The third kappa shape index (κ3) is 6.36. The Morgan fingerprint density at radius 2 is 0.886 bits per heavy atom. The molecule has 11 heteroatoms. The molecule has 0 unspecified atom stereocenters. The van der Waals surface area contributed by atoms with E-state index >= 15 is 0 Å². The third-order valence-electron chi connectivity index (χ3n) is 5.47. The van der Waals surface area contributed by atoms with Crippen LogP contribution in [0.1, 0.15) is 22.3 Å². The van der Waals surface area contributed by atoms with Crippen LogP contribution in [0.25, 0.3) is 0 Å². The van der Waals surface area contributed by atoms with Gasteiger partial charge in [-0.2, -0.15) is 0 Å². The van der Waals surface area contributed by atoms with Crippen molar-refractivity contribution in [3.8, 4) is 23.0 Å². The highest BCUT2D eigenvalue weighted by Gasteiger charge is 2.29. The first-order chi connectivity index (χ1) is 16.6. The number of hydrogen-bond donors (Lipinski definition) is 4. The van der Waals surface area contributed by atoms with Gasteiger partial charge in [-0.3, -0.25) is 0 Å². The molecular weight excluding hydrogens is 480 g/mol. The Labute approximate surface area is 205 Å². The summed E-state index contributed by atoms with van der Waals surface area (Å²) < 4.78 is 50.1. The molecule has 0 saturated heterocycles. The summed E-state index contributed by atoms with van der Waals surface area (Å²) in [7, 11) is -4.11. The second kappa shape index (κ2) is 12.9. The van der Waals surface area contributed by atoms with Crippen LogP contribution in [0.15, 0.2) is 21.9 Å². The molecule has 0 aliphatic heterocycles. The minimum atomic E-state index is -4.11. The highest BCUT2D eigenvalue weighted by molar-refractivity contribution is 7.91. The van der Waals surface area contributed by atoms with Crippen LogP contribution in [0.3, 0.4) is 0 Å². The van der Waals surface area contributed by atoms with Crippen LogP contribution in [0.4, 0.5) is 0 Å². The summed E-state index contributed by atoms with van der Waals surface area (Å²) in [4.78, 5) is -0.0298. The maximum atomic E-state index is 13.9. The van der Waals surface area contributed by atoms with E-state index in [9.17, 15) is 18.6 Å². The predicted molar refractivity (Wildman–Crippen MR) is 128 cm³/mol. The van der Waals surface area contributed by atoms with Crippen molar-refractivity contribution in [3.05, 3.63) is 34.4 Å². The SMILES string of the molecule is Cc1c(S(=O)(=O)c2cc(OCCO)c(OCCO)c(C)c2C)cc(OCCO)c(OCCO)c1C. The van der Waals surface area contributed by atoms with Crippen molar-refractivity contribution < 1.29 is 47.8 Å². The molecule has 0 heterocycles. The van der Waals surface area contributed by atoms with Gasteiger partial charge >= 0.3 is 0 Å². The summed E-state index contributed by atoms with van der Waals surface area (Å²) >= 11 is 0. The van der Waals surface area contributed by atoms with E-state index in [1.165, 1.54) is 12.1 Å². The fourth-order valence-electron chi connectivity index (χ4n) is 3.52. The maximum absolute atomic E-state index is 13.9. The summed E-state index contributed by atoms with van der Waals surface area (Å²) in [5.74, 6) is 0.833. The van der Waals surface area contributed by atoms with Crippen LogP contribution in [-0.2, 0) is 9.84 Å². The van der Waals surface area contributed by atoms with Gasteiger partial charge in [-0.1, -0.05) is 0 Å². The zero-order chi connectivity index (χ0) is 26.2. The summed E-state index contributed by atoms with van der Waals surface area (Å²) in [5, 5.41) is 36.7. The van der Waals surface area contributed by atoms with Crippen molar-refractivity contribution in [1.82, 2.24) is 0 Å². The van der Waals surface area contributed by atoms with E-state index in [1.54, 1.807) is 27.7 Å². The fraction of sp³-hybridized carbons (Fsp3) is 0.500. The lowest BCUT2D eigenvalue weighted by molar-refractivity contribution is 0.177. The van der Waals surface area contributed by atoms with Crippen molar-refractivity contribution in [2.24, 2.45) is 0 Å². The standard InChI is InChI=1S/C24H34O10S/c1-15-17(3)23(33-11-7-27)19(31-9-5-25)13-21(15)35(29,30)22-14-20(32-10-6-26)24(34-12-8-28)18(4)16(22)2/h13-14,25-28H,5-12H2,1-4H3. The van der Waals surface area contributed by atoms with Crippen LogP contribution < -0.4 is 18.9 Å². The lowest BCUT2D eigenvalue weighted by Crippen LogP contribution is -2.14. The van der Waals surface area contributed by atoms with Crippen molar-refractivity contribution in [3.63, 3.8) is 0 Å². The Morgan fingerprint density at radius 1 is 0.571 bits per heavy atom. The highest BCUT2D eigenvalue weighted by atomic mass is 32.2. The summed E-state index contributed by atoms with van der Waals surface area (Å²) in [6.45, 7) is 5.44. The molecule has 196 valence electrons. The van der Waals surface area contributed by atoms with Gasteiger partial charge in [0.05, 0.1) is 36.2 Å². The lowest BCUT2D eigenvalue weighted by Gasteiger charge is -2.21. The lowest BCUT2D eigenvalue weighted by atomic mass is 10.1. The minimum Gasteiger partial charge on any atom is -0.487 e. The number of sulfone groups is 1. The second-order valence-electron chi connectivity index (χ2n) is 7.70. The molecule has 0 amide bonds. The first kappa shape index (κ1) is 28.7. The van der Waals surface area contributed by atoms with Gasteiger partial charge in [-0.05, 0) is 49.9 Å². The molecule has 0 saturated carbocycles. The molecule has 0 aromatic heterocycles. The van der Waals surface area contributed by atoms with Crippen molar-refractivity contribution >= 4 is 9.84 Å². The largest absolute Gasteiger partial charge is 0.487 e. The molecule has 2 aromatic rings. The molecule has 0 aliphatic carbocycles. The molecule has 0 bridgehead atoms. The molecule has 35 heavy (non-hydrogen) atoms. The number of rotatable bonds is 14. The number of aliphatic hydroxyl groups excluding tert-OH is 4. The van der Waals surface area contributed by atoms with Gasteiger partial charge in [0.15, 0.2) is 23.0 Å². The highest BCUT2D eigenvalue weighted by Crippen LogP contribution is 2.43. The molecule has 2 rings (SSSR count). The van der Waals surface area contributed by atoms with Crippen molar-refractivity contribution in [1.29, 1.82) is 0 Å². The van der Waals surface area contributed by atoms with E-state index in [1.807, 2.05) is 0 Å². The molecule has 0 atom stereocenters. The van der Waals surface area contributed by atoms with Gasteiger partial charge in [0.25, 0.3) is 0 Å². The number of aliphatic hydroxyl groups is 4. The zero-order valence-electron chi connectivity index (χ0n) is 20.5. The number of ether oxygens (including phenoxy) is 4. The molecular formula is C24H34O10S. The molecule has 0 spiro atoms. The summed E-state index contributed by atoms with van der Waals surface area (Å²) in [6, 6.07) is 2.69. The van der Waals surface area contributed by atoms with Crippen LogP contribution in [0, 0.1) is 27.7 Å². The Hall–Kier alpha value is -2.57. The van der Waals surface area contributed by atoms with Crippen molar-refractivity contribution in [2.45, 2.75) is 37.5 Å². The van der Waals surface area contributed by atoms with Gasteiger partial charge in [-0.25, -0.2) is 8.42 Å². The monoisotopic (exact) mass is 514 g/mol. The van der Waals surface area contributed by atoms with Gasteiger partial charge in [0, 0.05) is 12.1 Å². The first-order valence-electron chi connectivity index (χ1n) is 11.1. The van der Waals surface area contributed by atoms with Gasteiger partial charge in [0.2, 0.25) is 9.84 Å². The summed E-state index contributed by atoms with van der Waals surface area (Å²) in [5.41, 5.74) is 1.90. The molecule has 2 aromatic carbocycles. The zero-order valence-corrected chi connectivity index (χ0v) is 21.3. The van der Waals surface area contributed by atoms with E-state index in [4.69, 9.17) is 29.2 Å². The van der Waals surface area contributed by atoms with Crippen LogP contribution in [-0.4, -0.2) is 81.7 Å². The minimum absolute atomic E-state index is 0.0129. The number of benzene rings is 2. The quantitative estimate of drug-likeness (QED) is 0.290. The Morgan fingerprint density at radius 3 is 1.20 bits per heavy atom. The van der Waals surface area contributed by atoms with E-state index < -0.39 is 9.84 Å². The van der Waals surface area contributed by atoms with E-state index in [2.05, 4.69) is 0 Å². The van der Waals surface area contributed by atoms with Crippen LogP contribution in [0.5, 0.6) is 23.0 Å². The average Bonchev–Trinajstić information content (AvgIpc) is 2.83. The third-order valence-corrected chi connectivity index (χ3v) is 7.48. The van der Waals surface area contributed by atoms with Gasteiger partial charge in [0.1, 0.15) is 26.4 Å². The van der Waals surface area contributed by atoms with E-state index in [0.29, 0.717) is 22.3 Å². The normalized spacial score (nSPS) is 11.4. The van der Waals surface area contributed by atoms with E-state index in [0.717, 1.165) is 0 Å². The first-order valence-corrected chi connectivity index (χ1v) is 12.6. The number of hydrogen-bond acceptors (Lipinski definition) is 10. The molecule has 0 fully saturated rings. The van der Waals surface area contributed by atoms with Crippen molar-refractivity contribution in [2.75, 3.05) is 52.9 Å². The molecule has 4 N–H and O–H groups in total. The maximum Gasteiger partial charge on any atom is 0.207 e. The average molecular weight is 515 g/mol. The molecule has 0 aliphatic rings. The Kier molecular flexibility index (Phi) is 10.6. The van der Waals surface area contributed by atoms with Gasteiger partial charge in [-0.15, -0.1) is 0 Å². The molecule has 0 radical (unpaired) electrons. The van der Waals surface area contributed by atoms with Crippen LogP contribution >= 0.6 is 0 Å². The smallest absolute Gasteiger partial charge is 0.207 e. The predicted octanol–water partition coefficient (Wildman–Crippen LogP) is 1.24. The van der Waals surface area contributed by atoms with Gasteiger partial charge < -0.3 is 39.4 Å². The summed E-state index contributed by atoms with van der Waals surface area (Å²) in [6.07, 6.45) is 0. The fourth-order valence-corrected chi connectivity index (χ4v) is 5.40. The van der Waals surface area contributed by atoms with E-state index in [-0.39, 0.29) is 85.6 Å². The van der Waals surface area contributed by atoms with Crippen LogP contribution in [0.2, 0.25) is 0 Å². The second-order valence-corrected chi connectivity index (χ2v) is 9.58. The Bertz CT molecular complexity index is 1030. The Balaban J connectivity index is 2.74.